The molecule has 120 valence electrons. The Balaban J connectivity index is 0.000000211. The van der Waals surface area contributed by atoms with E-state index in [0.717, 1.165) is 0 Å². The minimum Gasteiger partial charge on any atom is -0.161 e. The lowest BCUT2D eigenvalue weighted by Crippen LogP contribution is -2.49. The highest BCUT2D eigenvalue weighted by Crippen LogP contribution is 2.35. The Morgan fingerprint density at radius 1 is 0.773 bits per heavy atom. The third-order valence-corrected chi connectivity index (χ3v) is 9.76. The molecule has 0 bridgehead atoms. The van der Waals surface area contributed by atoms with E-state index in [-0.39, 0.29) is 0 Å². The van der Waals surface area contributed by atoms with Gasteiger partial charge in [-0.15, -0.1) is 0 Å². The van der Waals surface area contributed by atoms with Gasteiger partial charge in [0, 0.05) is 0 Å². The van der Waals surface area contributed by atoms with Crippen LogP contribution in [0.15, 0.2) is 48.5 Å². The van der Waals surface area contributed by atoms with Crippen LogP contribution in [0.4, 0.5) is 0 Å². The SMILES string of the molecule is CI.Cc1ccccc1C.Cc1ccccc1[Si]1(Cl)CCC1. The van der Waals surface area contributed by atoms with E-state index in [1.165, 1.54) is 40.4 Å². The Morgan fingerprint density at radius 2 is 1.18 bits per heavy atom. The minimum atomic E-state index is -1.45. The van der Waals surface area contributed by atoms with Gasteiger partial charge in [-0.3, -0.25) is 0 Å². The zero-order valence-electron chi connectivity index (χ0n) is 14.0. The molecule has 0 aliphatic carbocycles. The average molecular weight is 445 g/mol. The van der Waals surface area contributed by atoms with Crippen LogP contribution in [0.1, 0.15) is 23.1 Å². The van der Waals surface area contributed by atoms with Crippen LogP contribution in [0, 0.1) is 20.8 Å². The van der Waals surface area contributed by atoms with Gasteiger partial charge in [0.25, 0.3) is 0 Å². The lowest BCUT2D eigenvalue weighted by atomic mass is 10.1. The summed E-state index contributed by atoms with van der Waals surface area (Å²) in [5.41, 5.74) is 4.12. The van der Waals surface area contributed by atoms with E-state index in [0.29, 0.717) is 0 Å². The van der Waals surface area contributed by atoms with Crippen LogP contribution >= 0.6 is 33.7 Å². The van der Waals surface area contributed by atoms with Crippen LogP contribution < -0.4 is 5.19 Å². The average Bonchev–Trinajstić information content (AvgIpc) is 2.51. The van der Waals surface area contributed by atoms with Crippen LogP contribution in [0.25, 0.3) is 0 Å². The Bertz CT molecular complexity index is 558. The number of halogens is 2. The molecule has 1 fully saturated rings. The Kier molecular flexibility index (Phi) is 8.73. The van der Waals surface area contributed by atoms with E-state index in [2.05, 4.69) is 91.9 Å². The second-order valence-corrected chi connectivity index (χ2v) is 11.4. The second-order valence-electron chi connectivity index (χ2n) is 5.72. The van der Waals surface area contributed by atoms with Gasteiger partial charge in [0.2, 0.25) is 0 Å². The van der Waals surface area contributed by atoms with Gasteiger partial charge in [0.05, 0.1) is 0 Å². The largest absolute Gasteiger partial charge is 0.187 e. The molecule has 1 aliphatic heterocycles. The molecule has 22 heavy (non-hydrogen) atoms. The number of rotatable bonds is 1. The number of hydrogen-bond acceptors (Lipinski definition) is 0. The molecule has 1 saturated heterocycles. The van der Waals surface area contributed by atoms with Crippen LogP contribution in [0.3, 0.4) is 0 Å². The quantitative estimate of drug-likeness (QED) is 0.214. The first-order valence-electron chi connectivity index (χ1n) is 7.68. The van der Waals surface area contributed by atoms with Crippen LogP contribution in [-0.2, 0) is 0 Å². The highest BCUT2D eigenvalue weighted by atomic mass is 127. The smallest absolute Gasteiger partial charge is 0.161 e. The summed E-state index contributed by atoms with van der Waals surface area (Å²) in [4.78, 5) is 1.97. The van der Waals surface area contributed by atoms with E-state index in [1.54, 1.807) is 0 Å². The van der Waals surface area contributed by atoms with E-state index in [9.17, 15) is 0 Å². The molecule has 0 radical (unpaired) electrons. The summed E-state index contributed by atoms with van der Waals surface area (Å²) in [5, 5.41) is 1.47. The molecular weight excluding hydrogens is 419 g/mol. The first-order valence-corrected chi connectivity index (χ1v) is 13.3. The molecule has 0 saturated carbocycles. The van der Waals surface area contributed by atoms with Gasteiger partial charge >= 0.3 is 0 Å². The molecule has 0 N–H and O–H groups in total. The van der Waals surface area contributed by atoms with Gasteiger partial charge in [-0.1, -0.05) is 83.1 Å². The van der Waals surface area contributed by atoms with Gasteiger partial charge in [0.1, 0.15) is 0 Å². The predicted molar refractivity (Wildman–Crippen MR) is 113 cm³/mol. The Labute approximate surface area is 155 Å². The first kappa shape index (κ1) is 19.7. The standard InChI is InChI=1S/C10H13ClSi.C8H10.CH3I/c1-9-5-2-3-6-10(9)12(11)7-4-8-12;1-7-5-3-4-6-8(7)2;1-2/h2-3,5-6H,4,7-8H2,1H3;3-6H,1-2H3;1H3. The van der Waals surface area contributed by atoms with Crippen molar-refractivity contribution in [1.82, 2.24) is 0 Å². The molecule has 0 aromatic heterocycles. The van der Waals surface area contributed by atoms with E-state index in [1.807, 2.05) is 4.93 Å². The monoisotopic (exact) mass is 444 g/mol. The fourth-order valence-corrected chi connectivity index (χ4v) is 6.63. The molecule has 1 heterocycles. The fourth-order valence-electron chi connectivity index (χ4n) is 2.49. The highest BCUT2D eigenvalue weighted by molar-refractivity contribution is 14.1. The van der Waals surface area contributed by atoms with Gasteiger partial charge < -0.3 is 0 Å². The molecule has 3 rings (SSSR count). The molecule has 3 heteroatoms. The van der Waals surface area contributed by atoms with Gasteiger partial charge in [-0.25, -0.2) is 0 Å². The predicted octanol–water partition coefficient (Wildman–Crippen LogP) is 6.14. The number of aryl methyl sites for hydroxylation is 3. The van der Waals surface area contributed by atoms with Crippen LogP contribution in [0.5, 0.6) is 0 Å². The number of benzene rings is 2. The summed E-state index contributed by atoms with van der Waals surface area (Å²) >= 11 is 8.73. The van der Waals surface area contributed by atoms with Crippen molar-refractivity contribution in [3.63, 3.8) is 0 Å². The number of alkyl halides is 1. The maximum absolute atomic E-state index is 6.58. The molecule has 0 nitrogen and oxygen atoms in total. The summed E-state index contributed by atoms with van der Waals surface area (Å²) < 4.78 is 0. The van der Waals surface area contributed by atoms with Crippen molar-refractivity contribution < 1.29 is 0 Å². The van der Waals surface area contributed by atoms with Gasteiger partial charge in [-0.2, -0.15) is 11.1 Å². The summed E-state index contributed by atoms with van der Waals surface area (Å²) in [5.74, 6) is 0. The summed E-state index contributed by atoms with van der Waals surface area (Å²) in [6.45, 7) is 6.41. The van der Waals surface area contributed by atoms with Crippen LogP contribution in [0.2, 0.25) is 12.1 Å². The normalized spacial score (nSPS) is 14.6. The molecule has 0 amide bonds. The van der Waals surface area contributed by atoms with Crippen LogP contribution in [-0.4, -0.2) is 12.3 Å². The lowest BCUT2D eigenvalue weighted by molar-refractivity contribution is 0.939. The van der Waals surface area contributed by atoms with Crippen molar-refractivity contribution in [2.45, 2.75) is 39.3 Å². The van der Waals surface area contributed by atoms with Crippen molar-refractivity contribution >= 4 is 46.2 Å². The minimum absolute atomic E-state index is 1.28. The van der Waals surface area contributed by atoms with E-state index >= 15 is 0 Å². The van der Waals surface area contributed by atoms with E-state index < -0.39 is 7.38 Å². The van der Waals surface area contributed by atoms with Crippen molar-refractivity contribution in [1.29, 1.82) is 0 Å². The maximum Gasteiger partial charge on any atom is 0.187 e. The molecule has 2 aromatic rings. The fraction of sp³-hybridized carbons (Fsp3) is 0.368. The van der Waals surface area contributed by atoms with Crippen molar-refractivity contribution in [2.24, 2.45) is 0 Å². The Hall–Kier alpha value is -0.323. The molecule has 0 atom stereocenters. The van der Waals surface area contributed by atoms with Crippen molar-refractivity contribution in [2.75, 3.05) is 4.93 Å². The molecule has 1 aliphatic rings. The zero-order chi connectivity index (χ0) is 16.6. The van der Waals surface area contributed by atoms with Crippen molar-refractivity contribution in [3.8, 4) is 0 Å². The van der Waals surface area contributed by atoms with E-state index in [4.69, 9.17) is 11.1 Å². The molecule has 0 spiro atoms. The molecule has 0 unspecified atom stereocenters. The van der Waals surface area contributed by atoms with Gasteiger partial charge in [-0.05, 0) is 54.1 Å². The summed E-state index contributed by atoms with van der Waals surface area (Å²) in [6, 6.07) is 19.5. The first-order chi connectivity index (χ1) is 10.5. The van der Waals surface area contributed by atoms with Crippen molar-refractivity contribution in [3.05, 3.63) is 65.2 Å². The third-order valence-electron chi connectivity index (χ3n) is 4.20. The second kappa shape index (κ2) is 9.73. The molecular formula is C19H26ClISi. The topological polar surface area (TPSA) is 0 Å². The zero-order valence-corrected chi connectivity index (χ0v) is 17.9. The Morgan fingerprint density at radius 3 is 1.50 bits per heavy atom. The summed E-state index contributed by atoms with van der Waals surface area (Å²) in [6.07, 6.45) is 1.34. The lowest BCUT2D eigenvalue weighted by Gasteiger charge is -2.34. The summed E-state index contributed by atoms with van der Waals surface area (Å²) in [7, 11) is -1.45. The maximum atomic E-state index is 6.58. The highest BCUT2D eigenvalue weighted by Gasteiger charge is 2.40. The third kappa shape index (κ3) is 5.39. The molecule has 2 aromatic carbocycles. The number of hydrogen-bond donors (Lipinski definition) is 0. The van der Waals surface area contributed by atoms with Gasteiger partial charge in [0.15, 0.2) is 7.38 Å².